The second-order valence-corrected chi connectivity index (χ2v) is 6.05. The van der Waals surface area contributed by atoms with E-state index >= 15 is 0 Å². The first-order valence-corrected chi connectivity index (χ1v) is 7.28. The highest BCUT2D eigenvalue weighted by molar-refractivity contribution is 8.15. The number of aliphatic imine (C=N–C) groups is 1. The molecule has 2 atom stereocenters. The molecule has 1 heterocycles. The number of aryl methyl sites for hydroxylation is 1. The zero-order valence-corrected chi connectivity index (χ0v) is 11.6. The second-order valence-electron chi connectivity index (χ2n) is 4.89. The lowest BCUT2D eigenvalue weighted by molar-refractivity contribution is -0.117. The van der Waals surface area contributed by atoms with Crippen LogP contribution in [0.1, 0.15) is 29.9 Å². The predicted molar refractivity (Wildman–Crippen MR) is 76.7 cm³/mol. The molecule has 0 bridgehead atoms. The number of amidine groups is 1. The summed E-state index contributed by atoms with van der Waals surface area (Å²) < 4.78 is 5.26. The Labute approximate surface area is 116 Å². The summed E-state index contributed by atoms with van der Waals surface area (Å²) in [5.41, 5.74) is 8.20. The monoisotopic (exact) mass is 276 g/mol. The highest BCUT2D eigenvalue weighted by Crippen LogP contribution is 2.42. The summed E-state index contributed by atoms with van der Waals surface area (Å²) >= 11 is 1.40. The van der Waals surface area contributed by atoms with E-state index in [2.05, 4.69) is 17.1 Å². The van der Waals surface area contributed by atoms with Gasteiger partial charge in [0.25, 0.3) is 5.91 Å². The zero-order valence-electron chi connectivity index (χ0n) is 10.8. The number of fused-ring (bicyclic) bond motifs is 1. The molecule has 2 aliphatic rings. The van der Waals surface area contributed by atoms with Crippen LogP contribution in [-0.4, -0.2) is 23.4 Å². The Balaban J connectivity index is 1.93. The molecule has 1 aliphatic carbocycles. The number of hydrogen-bond acceptors (Lipinski definition) is 4. The smallest absolute Gasteiger partial charge is 0.262 e. The molecule has 0 radical (unpaired) electrons. The summed E-state index contributed by atoms with van der Waals surface area (Å²) in [6.45, 7) is 0. The maximum absolute atomic E-state index is 11.9. The van der Waals surface area contributed by atoms with Crippen molar-refractivity contribution in [2.45, 2.75) is 30.4 Å². The molecule has 3 rings (SSSR count). The van der Waals surface area contributed by atoms with Crippen LogP contribution in [-0.2, 0) is 11.2 Å². The van der Waals surface area contributed by atoms with Crippen molar-refractivity contribution in [3.05, 3.63) is 29.3 Å². The van der Waals surface area contributed by atoms with Gasteiger partial charge in [-0.05, 0) is 42.5 Å². The van der Waals surface area contributed by atoms with Gasteiger partial charge in [0.1, 0.15) is 11.0 Å². The largest absolute Gasteiger partial charge is 0.497 e. The van der Waals surface area contributed by atoms with Crippen LogP contribution in [0.5, 0.6) is 5.75 Å². The molecule has 0 spiro atoms. The molecule has 0 saturated heterocycles. The zero-order chi connectivity index (χ0) is 13.4. The Bertz CT molecular complexity index is 556. The maximum Gasteiger partial charge on any atom is 0.262 e. The van der Waals surface area contributed by atoms with Crippen molar-refractivity contribution in [3.63, 3.8) is 0 Å². The van der Waals surface area contributed by atoms with Gasteiger partial charge in [0.2, 0.25) is 0 Å². The van der Waals surface area contributed by atoms with E-state index in [0.29, 0.717) is 5.17 Å². The van der Waals surface area contributed by atoms with Gasteiger partial charge >= 0.3 is 0 Å². The quantitative estimate of drug-likeness (QED) is 0.898. The van der Waals surface area contributed by atoms with Crippen LogP contribution in [0.15, 0.2) is 23.2 Å². The Kier molecular flexibility index (Phi) is 3.22. The standard InChI is InChI=1S/C14H16N2O2S/c1-18-9-5-6-10-8(7-9)3-2-4-11(10)12-13(17)16-14(15)19-12/h5-7,11-12H,2-4H2,1H3,(H2,15,16,17)/t11-,12?/m0/s1. The van der Waals surface area contributed by atoms with Crippen molar-refractivity contribution in [2.75, 3.05) is 7.11 Å². The van der Waals surface area contributed by atoms with Crippen LogP contribution in [0, 0.1) is 0 Å². The fourth-order valence-corrected chi connectivity index (χ4v) is 3.91. The topological polar surface area (TPSA) is 64.7 Å². The number of carbonyl (C=O) groups excluding carboxylic acids is 1. The predicted octanol–water partition coefficient (Wildman–Crippen LogP) is 2.07. The fourth-order valence-electron chi connectivity index (χ4n) is 2.90. The first-order valence-electron chi connectivity index (χ1n) is 6.40. The molecule has 4 nitrogen and oxygen atoms in total. The van der Waals surface area contributed by atoms with Gasteiger partial charge < -0.3 is 10.5 Å². The fraction of sp³-hybridized carbons (Fsp3) is 0.429. The van der Waals surface area contributed by atoms with Crippen molar-refractivity contribution in [3.8, 4) is 5.75 Å². The van der Waals surface area contributed by atoms with E-state index in [-0.39, 0.29) is 17.1 Å². The van der Waals surface area contributed by atoms with Gasteiger partial charge in [-0.1, -0.05) is 17.8 Å². The molecule has 1 unspecified atom stereocenters. The van der Waals surface area contributed by atoms with E-state index in [1.165, 1.54) is 22.9 Å². The molecular weight excluding hydrogens is 260 g/mol. The second kappa shape index (κ2) is 4.89. The minimum Gasteiger partial charge on any atom is -0.497 e. The number of carbonyl (C=O) groups is 1. The number of methoxy groups -OCH3 is 1. The van der Waals surface area contributed by atoms with E-state index in [9.17, 15) is 4.79 Å². The van der Waals surface area contributed by atoms with Gasteiger partial charge in [-0.3, -0.25) is 4.79 Å². The number of ether oxygens (including phenoxy) is 1. The Hall–Kier alpha value is -1.49. The summed E-state index contributed by atoms with van der Waals surface area (Å²) in [5, 5.41) is 0.253. The van der Waals surface area contributed by atoms with Gasteiger partial charge in [-0.15, -0.1) is 0 Å². The first kappa shape index (κ1) is 12.5. The summed E-state index contributed by atoms with van der Waals surface area (Å²) in [4.78, 5) is 15.7. The lowest BCUT2D eigenvalue weighted by Crippen LogP contribution is -2.25. The van der Waals surface area contributed by atoms with Crippen molar-refractivity contribution >= 4 is 22.8 Å². The third-order valence-corrected chi connectivity index (χ3v) is 4.90. The average Bonchev–Trinajstić information content (AvgIpc) is 2.76. The van der Waals surface area contributed by atoms with Crippen LogP contribution < -0.4 is 10.5 Å². The number of thioether (sulfide) groups is 1. The molecular formula is C14H16N2O2S. The van der Waals surface area contributed by atoms with Gasteiger partial charge in [0.05, 0.1) is 7.11 Å². The molecule has 1 amide bonds. The number of amides is 1. The van der Waals surface area contributed by atoms with Crippen molar-refractivity contribution < 1.29 is 9.53 Å². The molecule has 0 saturated carbocycles. The Morgan fingerprint density at radius 1 is 1.47 bits per heavy atom. The number of rotatable bonds is 2. The Morgan fingerprint density at radius 2 is 2.32 bits per heavy atom. The summed E-state index contributed by atoms with van der Waals surface area (Å²) in [5.74, 6) is 1.01. The van der Waals surface area contributed by atoms with E-state index in [1.54, 1.807) is 7.11 Å². The van der Waals surface area contributed by atoms with Crippen LogP contribution in [0.2, 0.25) is 0 Å². The SMILES string of the molecule is COc1ccc2c(c1)CCC[C@@H]2C1SC(N)=NC1=O. The molecule has 100 valence electrons. The molecule has 1 aliphatic heterocycles. The highest BCUT2D eigenvalue weighted by Gasteiger charge is 2.37. The Morgan fingerprint density at radius 3 is 3.00 bits per heavy atom. The lowest BCUT2D eigenvalue weighted by Gasteiger charge is -2.28. The van der Waals surface area contributed by atoms with E-state index in [0.717, 1.165) is 25.0 Å². The lowest BCUT2D eigenvalue weighted by atomic mass is 9.80. The average molecular weight is 276 g/mol. The molecule has 0 aromatic heterocycles. The van der Waals surface area contributed by atoms with Gasteiger partial charge in [0.15, 0.2) is 5.17 Å². The van der Waals surface area contributed by atoms with E-state index in [4.69, 9.17) is 10.5 Å². The van der Waals surface area contributed by atoms with Gasteiger partial charge in [0, 0.05) is 5.92 Å². The number of benzene rings is 1. The van der Waals surface area contributed by atoms with Crippen LogP contribution in [0.25, 0.3) is 0 Å². The van der Waals surface area contributed by atoms with Crippen molar-refractivity contribution in [1.29, 1.82) is 0 Å². The molecule has 5 heteroatoms. The third-order valence-electron chi connectivity index (χ3n) is 3.79. The van der Waals surface area contributed by atoms with E-state index < -0.39 is 0 Å². The molecule has 1 aromatic rings. The minimum absolute atomic E-state index is 0.0869. The van der Waals surface area contributed by atoms with Crippen LogP contribution >= 0.6 is 11.8 Å². The highest BCUT2D eigenvalue weighted by atomic mass is 32.2. The number of nitrogens with zero attached hydrogens (tertiary/aromatic N) is 1. The molecule has 19 heavy (non-hydrogen) atoms. The third kappa shape index (κ3) is 2.23. The summed E-state index contributed by atoms with van der Waals surface area (Å²) in [6, 6.07) is 6.13. The van der Waals surface area contributed by atoms with Crippen LogP contribution in [0.3, 0.4) is 0 Å². The summed E-state index contributed by atoms with van der Waals surface area (Å²) in [7, 11) is 1.67. The minimum atomic E-state index is -0.146. The number of nitrogens with two attached hydrogens (primary N) is 1. The molecule has 1 aromatic carbocycles. The van der Waals surface area contributed by atoms with Crippen LogP contribution in [0.4, 0.5) is 0 Å². The van der Waals surface area contributed by atoms with Crippen molar-refractivity contribution in [1.82, 2.24) is 0 Å². The molecule has 2 N–H and O–H groups in total. The molecule has 0 fully saturated rings. The normalized spacial score (nSPS) is 25.9. The van der Waals surface area contributed by atoms with Gasteiger partial charge in [-0.2, -0.15) is 4.99 Å². The van der Waals surface area contributed by atoms with E-state index in [1.807, 2.05) is 6.07 Å². The first-order chi connectivity index (χ1) is 9.19. The maximum atomic E-state index is 11.9. The summed E-state index contributed by atoms with van der Waals surface area (Å²) in [6.07, 6.45) is 3.16. The van der Waals surface area contributed by atoms with Gasteiger partial charge in [-0.25, -0.2) is 0 Å². The number of hydrogen-bond donors (Lipinski definition) is 1. The van der Waals surface area contributed by atoms with Crippen molar-refractivity contribution in [2.24, 2.45) is 10.7 Å².